The monoisotopic (exact) mass is 878 g/mol. The Morgan fingerprint density at radius 3 is 0.984 bits per heavy atom. The predicted octanol–water partition coefficient (Wildman–Crippen LogP) is 17.1. The summed E-state index contributed by atoms with van der Waals surface area (Å²) in [6.45, 7) is 4.96. The lowest BCUT2D eigenvalue weighted by atomic mass is 10.0. The topological polar surface area (TPSA) is 95.9 Å². The molecule has 0 rings (SSSR count). The third-order valence-corrected chi connectivity index (χ3v) is 13.4. The molecule has 0 fully saturated rings. The van der Waals surface area contributed by atoms with E-state index in [0.717, 1.165) is 44.9 Å². The Bertz CT molecular complexity index is 882. The number of unbranched alkanes of at least 4 members (excludes halogenated alkanes) is 42. The van der Waals surface area contributed by atoms with Gasteiger partial charge in [-0.05, 0) is 25.7 Å². The molecule has 6 heteroatoms. The van der Waals surface area contributed by atoms with Gasteiger partial charge >= 0.3 is 5.97 Å². The molecule has 0 aromatic carbocycles. The van der Waals surface area contributed by atoms with Crippen molar-refractivity contribution < 1.29 is 24.5 Å². The average molecular weight is 879 g/mol. The zero-order valence-corrected chi connectivity index (χ0v) is 42.1. The number of esters is 1. The summed E-state index contributed by atoms with van der Waals surface area (Å²) in [5, 5.41) is 23.3. The second kappa shape index (κ2) is 52.5. The summed E-state index contributed by atoms with van der Waals surface area (Å²) in [4.78, 5) is 24.5. The lowest BCUT2D eigenvalue weighted by Crippen LogP contribution is -2.45. The maximum atomic E-state index is 12.5. The predicted molar refractivity (Wildman–Crippen MR) is 269 cm³/mol. The van der Waals surface area contributed by atoms with E-state index in [2.05, 4.69) is 19.2 Å². The van der Waals surface area contributed by atoms with Gasteiger partial charge in [0.2, 0.25) is 5.91 Å². The molecule has 370 valence electrons. The minimum atomic E-state index is -0.668. The SMILES string of the molecule is CCCCCCCCCCCCCCCCCC(=O)OCCCCCCCCCCCCCCCCCC(=O)NC(CO)C(O)CCCCCCCCCCCCCCCCC. The first-order chi connectivity index (χ1) is 30.5. The van der Waals surface area contributed by atoms with Crippen LogP contribution in [-0.4, -0.2) is 47.4 Å². The molecule has 0 aromatic heterocycles. The largest absolute Gasteiger partial charge is 0.466 e. The number of carbonyl (C=O) groups excluding carboxylic acids is 2. The first-order valence-corrected chi connectivity index (χ1v) is 28.3. The van der Waals surface area contributed by atoms with Gasteiger partial charge in [-0.1, -0.05) is 284 Å². The Kier molecular flexibility index (Phi) is 51.5. The molecule has 6 nitrogen and oxygen atoms in total. The van der Waals surface area contributed by atoms with E-state index in [9.17, 15) is 19.8 Å². The van der Waals surface area contributed by atoms with Gasteiger partial charge in [-0.25, -0.2) is 0 Å². The van der Waals surface area contributed by atoms with E-state index in [-0.39, 0.29) is 18.5 Å². The molecule has 0 spiro atoms. The summed E-state index contributed by atoms with van der Waals surface area (Å²) in [6, 6.07) is -0.546. The molecule has 0 radical (unpaired) electrons. The van der Waals surface area contributed by atoms with Crippen LogP contribution in [-0.2, 0) is 14.3 Å². The number of hydrogen-bond acceptors (Lipinski definition) is 5. The second-order valence-corrected chi connectivity index (χ2v) is 19.6. The van der Waals surface area contributed by atoms with Crippen molar-refractivity contribution in [1.29, 1.82) is 0 Å². The van der Waals surface area contributed by atoms with Gasteiger partial charge in [0.15, 0.2) is 0 Å². The van der Waals surface area contributed by atoms with Crippen LogP contribution in [0, 0.1) is 0 Å². The number of aliphatic hydroxyl groups excluding tert-OH is 2. The number of hydrogen-bond donors (Lipinski definition) is 3. The number of ether oxygens (including phenoxy) is 1. The first kappa shape index (κ1) is 60.9. The minimum Gasteiger partial charge on any atom is -0.466 e. The van der Waals surface area contributed by atoms with E-state index >= 15 is 0 Å². The number of carbonyl (C=O) groups is 2. The summed E-state index contributed by atoms with van der Waals surface area (Å²) in [7, 11) is 0. The highest BCUT2D eigenvalue weighted by Gasteiger charge is 2.20. The smallest absolute Gasteiger partial charge is 0.305 e. The highest BCUT2D eigenvalue weighted by atomic mass is 16.5. The van der Waals surface area contributed by atoms with Crippen LogP contribution < -0.4 is 5.32 Å². The molecule has 0 heterocycles. The Morgan fingerprint density at radius 1 is 0.387 bits per heavy atom. The third kappa shape index (κ3) is 48.3. The molecular formula is C56H111NO5. The zero-order chi connectivity index (χ0) is 45.1. The molecule has 0 saturated carbocycles. The lowest BCUT2D eigenvalue weighted by molar-refractivity contribution is -0.143. The molecular weight excluding hydrogens is 767 g/mol. The van der Waals surface area contributed by atoms with Gasteiger partial charge in [-0.2, -0.15) is 0 Å². The third-order valence-electron chi connectivity index (χ3n) is 13.4. The molecule has 0 aromatic rings. The molecule has 0 aliphatic rings. The lowest BCUT2D eigenvalue weighted by Gasteiger charge is -2.22. The number of amides is 1. The van der Waals surface area contributed by atoms with E-state index in [1.807, 2.05) is 0 Å². The molecule has 1 amide bonds. The average Bonchev–Trinajstić information content (AvgIpc) is 3.27. The Balaban J connectivity index is 3.41. The highest BCUT2D eigenvalue weighted by molar-refractivity contribution is 5.76. The van der Waals surface area contributed by atoms with Crippen LogP contribution in [0.2, 0.25) is 0 Å². The fraction of sp³-hybridized carbons (Fsp3) is 0.964. The Morgan fingerprint density at radius 2 is 0.661 bits per heavy atom. The van der Waals surface area contributed by atoms with Gasteiger partial charge in [0.1, 0.15) is 0 Å². The van der Waals surface area contributed by atoms with Gasteiger partial charge in [0.25, 0.3) is 0 Å². The van der Waals surface area contributed by atoms with E-state index in [4.69, 9.17) is 4.74 Å². The van der Waals surface area contributed by atoms with Gasteiger partial charge in [0.05, 0.1) is 25.4 Å². The highest BCUT2D eigenvalue weighted by Crippen LogP contribution is 2.18. The zero-order valence-electron chi connectivity index (χ0n) is 42.1. The quantitative estimate of drug-likeness (QED) is 0.0418. The second-order valence-electron chi connectivity index (χ2n) is 19.6. The fourth-order valence-corrected chi connectivity index (χ4v) is 9.05. The van der Waals surface area contributed by atoms with E-state index in [1.54, 1.807) is 0 Å². The maximum Gasteiger partial charge on any atom is 0.305 e. The summed E-state index contributed by atoms with van der Waals surface area (Å²) in [5.41, 5.74) is 0. The van der Waals surface area contributed by atoms with Crippen molar-refractivity contribution in [1.82, 2.24) is 5.32 Å². The van der Waals surface area contributed by atoms with Crippen LogP contribution >= 0.6 is 0 Å². The van der Waals surface area contributed by atoms with Crippen LogP contribution in [0.15, 0.2) is 0 Å². The number of rotatable bonds is 53. The van der Waals surface area contributed by atoms with Crippen molar-refractivity contribution >= 4 is 11.9 Å². The van der Waals surface area contributed by atoms with Gasteiger partial charge < -0.3 is 20.3 Å². The van der Waals surface area contributed by atoms with Crippen molar-refractivity contribution in [3.05, 3.63) is 0 Å². The minimum absolute atomic E-state index is 0.00448. The van der Waals surface area contributed by atoms with Crippen LogP contribution in [0.1, 0.15) is 322 Å². The van der Waals surface area contributed by atoms with Crippen molar-refractivity contribution in [3.63, 3.8) is 0 Å². The standard InChI is InChI=1S/C56H111NO5/c1-3-5-7-9-11-13-15-17-20-24-28-32-36-40-44-48-54(59)53(52-58)57-55(60)49-45-41-37-33-29-25-22-19-23-27-31-35-39-43-47-51-62-56(61)50-46-42-38-34-30-26-21-18-16-14-12-10-8-6-4-2/h53-54,58-59H,3-52H2,1-2H3,(H,57,60). The van der Waals surface area contributed by atoms with Gasteiger partial charge in [-0.15, -0.1) is 0 Å². The number of nitrogens with one attached hydrogen (secondary N) is 1. The van der Waals surface area contributed by atoms with E-state index in [1.165, 1.54) is 244 Å². The normalized spacial score (nSPS) is 12.5. The summed E-state index contributed by atoms with van der Waals surface area (Å²) in [6.07, 6.45) is 59.4. The van der Waals surface area contributed by atoms with Crippen LogP contribution in [0.5, 0.6) is 0 Å². The van der Waals surface area contributed by atoms with Crippen LogP contribution in [0.3, 0.4) is 0 Å². The first-order valence-electron chi connectivity index (χ1n) is 28.3. The number of aliphatic hydroxyl groups is 2. The fourth-order valence-electron chi connectivity index (χ4n) is 9.05. The molecule has 2 unspecified atom stereocenters. The van der Waals surface area contributed by atoms with E-state index < -0.39 is 12.1 Å². The summed E-state index contributed by atoms with van der Waals surface area (Å²) >= 11 is 0. The van der Waals surface area contributed by atoms with E-state index in [0.29, 0.717) is 25.9 Å². The molecule has 62 heavy (non-hydrogen) atoms. The van der Waals surface area contributed by atoms with Gasteiger partial charge in [0, 0.05) is 12.8 Å². The Labute approximate surface area is 387 Å². The van der Waals surface area contributed by atoms with Crippen molar-refractivity contribution in [3.8, 4) is 0 Å². The van der Waals surface area contributed by atoms with Gasteiger partial charge in [-0.3, -0.25) is 9.59 Å². The Hall–Kier alpha value is -1.14. The molecule has 3 N–H and O–H groups in total. The van der Waals surface area contributed by atoms with Crippen LogP contribution in [0.4, 0.5) is 0 Å². The summed E-state index contributed by atoms with van der Waals surface area (Å²) < 4.78 is 5.48. The molecule has 0 aliphatic heterocycles. The molecule has 0 aliphatic carbocycles. The summed E-state index contributed by atoms with van der Waals surface area (Å²) in [5.74, 6) is -0.0363. The van der Waals surface area contributed by atoms with Crippen molar-refractivity contribution in [2.45, 2.75) is 334 Å². The molecule has 2 atom stereocenters. The van der Waals surface area contributed by atoms with Crippen molar-refractivity contribution in [2.24, 2.45) is 0 Å². The van der Waals surface area contributed by atoms with Crippen LogP contribution in [0.25, 0.3) is 0 Å². The molecule has 0 bridgehead atoms. The maximum absolute atomic E-state index is 12.5. The van der Waals surface area contributed by atoms with Crippen molar-refractivity contribution in [2.75, 3.05) is 13.2 Å². The molecule has 0 saturated heterocycles.